The smallest absolute Gasteiger partial charge is 0.339 e. The highest BCUT2D eigenvalue weighted by molar-refractivity contribution is 9.10. The van der Waals surface area contributed by atoms with E-state index in [9.17, 15) is 4.79 Å². The van der Waals surface area contributed by atoms with Crippen LogP contribution in [0.3, 0.4) is 0 Å². The number of carbonyl (C=O) groups is 1. The minimum absolute atomic E-state index is 0.187. The van der Waals surface area contributed by atoms with E-state index in [2.05, 4.69) is 15.9 Å². The van der Waals surface area contributed by atoms with Crippen LogP contribution >= 0.6 is 15.9 Å². The summed E-state index contributed by atoms with van der Waals surface area (Å²) in [6.45, 7) is 1.95. The van der Waals surface area contributed by atoms with Gasteiger partial charge in [-0.1, -0.05) is 15.9 Å². The summed E-state index contributed by atoms with van der Waals surface area (Å²) >= 11 is 3.30. The standard InChI is InChI=1S/C12H13BrO4/c13-9-1-2-10(12(14)15)11(5-9)17-7-8-3-4-16-6-8/h1-2,5,8H,3-4,6-7H2,(H,14,15). The van der Waals surface area contributed by atoms with Crippen LogP contribution in [-0.2, 0) is 4.74 Å². The molecule has 1 saturated heterocycles. The molecule has 92 valence electrons. The van der Waals surface area contributed by atoms with Crippen molar-refractivity contribution in [2.24, 2.45) is 5.92 Å². The zero-order valence-electron chi connectivity index (χ0n) is 9.19. The molecule has 2 rings (SSSR count). The molecular formula is C12H13BrO4. The highest BCUT2D eigenvalue weighted by Crippen LogP contribution is 2.25. The molecule has 1 heterocycles. The van der Waals surface area contributed by atoms with Gasteiger partial charge in [-0.15, -0.1) is 0 Å². The predicted molar refractivity (Wildman–Crippen MR) is 65.5 cm³/mol. The third-order valence-corrected chi connectivity index (χ3v) is 3.17. The van der Waals surface area contributed by atoms with Crippen LogP contribution in [0.1, 0.15) is 16.8 Å². The van der Waals surface area contributed by atoms with Crippen LogP contribution in [0.15, 0.2) is 22.7 Å². The summed E-state index contributed by atoms with van der Waals surface area (Å²) in [6.07, 6.45) is 0.969. The second-order valence-corrected chi connectivity index (χ2v) is 4.90. The minimum Gasteiger partial charge on any atom is -0.492 e. The lowest BCUT2D eigenvalue weighted by atomic mass is 10.1. The van der Waals surface area contributed by atoms with E-state index < -0.39 is 5.97 Å². The number of benzene rings is 1. The molecule has 0 saturated carbocycles. The van der Waals surface area contributed by atoms with Crippen molar-refractivity contribution in [3.8, 4) is 5.75 Å². The first kappa shape index (κ1) is 12.4. The van der Waals surface area contributed by atoms with Gasteiger partial charge in [-0.25, -0.2) is 4.79 Å². The Bertz CT molecular complexity index is 413. The Morgan fingerprint density at radius 1 is 1.59 bits per heavy atom. The van der Waals surface area contributed by atoms with Crippen molar-refractivity contribution in [3.63, 3.8) is 0 Å². The van der Waals surface area contributed by atoms with E-state index in [1.807, 2.05) is 0 Å². The number of aromatic carboxylic acids is 1. The SMILES string of the molecule is O=C(O)c1ccc(Br)cc1OCC1CCOC1. The average molecular weight is 301 g/mol. The first-order valence-electron chi connectivity index (χ1n) is 5.40. The first-order valence-corrected chi connectivity index (χ1v) is 6.19. The van der Waals surface area contributed by atoms with Gasteiger partial charge in [0.2, 0.25) is 0 Å². The minimum atomic E-state index is -0.977. The lowest BCUT2D eigenvalue weighted by Crippen LogP contribution is -2.13. The third kappa shape index (κ3) is 3.20. The third-order valence-electron chi connectivity index (χ3n) is 2.67. The van der Waals surface area contributed by atoms with Crippen LogP contribution in [-0.4, -0.2) is 30.9 Å². The van der Waals surface area contributed by atoms with Crippen molar-refractivity contribution in [2.45, 2.75) is 6.42 Å². The molecule has 0 spiro atoms. The van der Waals surface area contributed by atoms with Gasteiger partial charge in [0, 0.05) is 17.0 Å². The monoisotopic (exact) mass is 300 g/mol. The fourth-order valence-electron chi connectivity index (χ4n) is 1.71. The van der Waals surface area contributed by atoms with E-state index in [0.29, 0.717) is 24.9 Å². The van der Waals surface area contributed by atoms with E-state index in [0.717, 1.165) is 17.5 Å². The molecule has 1 unspecified atom stereocenters. The first-order chi connectivity index (χ1) is 8.16. The molecule has 17 heavy (non-hydrogen) atoms. The lowest BCUT2D eigenvalue weighted by Gasteiger charge is -2.12. The normalized spacial score (nSPS) is 19.2. The fraction of sp³-hybridized carbons (Fsp3) is 0.417. The Morgan fingerprint density at radius 2 is 2.41 bits per heavy atom. The molecule has 0 aromatic heterocycles. The molecule has 1 aliphatic heterocycles. The Morgan fingerprint density at radius 3 is 3.06 bits per heavy atom. The van der Waals surface area contributed by atoms with Crippen LogP contribution in [0, 0.1) is 5.92 Å². The van der Waals surface area contributed by atoms with Gasteiger partial charge >= 0.3 is 5.97 Å². The topological polar surface area (TPSA) is 55.8 Å². The van der Waals surface area contributed by atoms with Gasteiger partial charge in [0.1, 0.15) is 11.3 Å². The van der Waals surface area contributed by atoms with Crippen LogP contribution in [0.4, 0.5) is 0 Å². The molecule has 0 radical (unpaired) electrons. The quantitative estimate of drug-likeness (QED) is 0.928. The molecule has 1 atom stereocenters. The lowest BCUT2D eigenvalue weighted by molar-refractivity contribution is 0.0691. The predicted octanol–water partition coefficient (Wildman–Crippen LogP) is 2.56. The summed E-state index contributed by atoms with van der Waals surface area (Å²) < 4.78 is 11.6. The molecule has 1 aliphatic rings. The van der Waals surface area contributed by atoms with E-state index in [4.69, 9.17) is 14.6 Å². The van der Waals surface area contributed by atoms with Gasteiger partial charge < -0.3 is 14.6 Å². The number of halogens is 1. The van der Waals surface area contributed by atoms with E-state index in [1.165, 1.54) is 6.07 Å². The number of hydrogen-bond acceptors (Lipinski definition) is 3. The van der Waals surface area contributed by atoms with Gasteiger partial charge in [-0.05, 0) is 24.6 Å². The molecule has 0 bridgehead atoms. The maximum absolute atomic E-state index is 11.0. The fourth-order valence-corrected chi connectivity index (χ4v) is 2.05. The average Bonchev–Trinajstić information content (AvgIpc) is 2.78. The molecule has 0 aliphatic carbocycles. The molecule has 1 aromatic rings. The largest absolute Gasteiger partial charge is 0.492 e. The molecule has 1 aromatic carbocycles. The Hall–Kier alpha value is -1.07. The highest BCUT2D eigenvalue weighted by atomic mass is 79.9. The van der Waals surface area contributed by atoms with Crippen molar-refractivity contribution in [1.82, 2.24) is 0 Å². The van der Waals surface area contributed by atoms with Crippen molar-refractivity contribution >= 4 is 21.9 Å². The molecule has 5 heteroatoms. The molecule has 1 fully saturated rings. The number of rotatable bonds is 4. The van der Waals surface area contributed by atoms with E-state index in [-0.39, 0.29) is 5.56 Å². The molecule has 1 N–H and O–H groups in total. The summed E-state index contributed by atoms with van der Waals surface area (Å²) in [5.41, 5.74) is 0.187. The zero-order chi connectivity index (χ0) is 12.3. The zero-order valence-corrected chi connectivity index (χ0v) is 10.8. The van der Waals surface area contributed by atoms with Crippen molar-refractivity contribution in [1.29, 1.82) is 0 Å². The van der Waals surface area contributed by atoms with Crippen molar-refractivity contribution in [2.75, 3.05) is 19.8 Å². The van der Waals surface area contributed by atoms with Crippen LogP contribution < -0.4 is 4.74 Å². The maximum Gasteiger partial charge on any atom is 0.339 e. The van der Waals surface area contributed by atoms with Crippen LogP contribution in [0.25, 0.3) is 0 Å². The van der Waals surface area contributed by atoms with Gasteiger partial charge in [0.05, 0.1) is 13.2 Å². The summed E-state index contributed by atoms with van der Waals surface area (Å²) in [5.74, 6) is -0.218. The second-order valence-electron chi connectivity index (χ2n) is 3.99. The van der Waals surface area contributed by atoms with Gasteiger partial charge in [-0.3, -0.25) is 0 Å². The number of ether oxygens (including phenoxy) is 2. The Balaban J connectivity index is 2.07. The second kappa shape index (κ2) is 5.51. The molecular weight excluding hydrogens is 288 g/mol. The van der Waals surface area contributed by atoms with Crippen LogP contribution in [0.2, 0.25) is 0 Å². The van der Waals surface area contributed by atoms with Crippen molar-refractivity contribution < 1.29 is 19.4 Å². The summed E-state index contributed by atoms with van der Waals surface area (Å²) in [4.78, 5) is 11.0. The Labute approximate surface area is 108 Å². The Kier molecular flexibility index (Phi) is 4.02. The molecule has 0 amide bonds. The molecule has 4 nitrogen and oxygen atoms in total. The summed E-state index contributed by atoms with van der Waals surface area (Å²) in [5, 5.41) is 9.03. The van der Waals surface area contributed by atoms with Gasteiger partial charge in [0.15, 0.2) is 0 Å². The number of hydrogen-bond donors (Lipinski definition) is 1. The van der Waals surface area contributed by atoms with Gasteiger partial charge in [0.25, 0.3) is 0 Å². The maximum atomic E-state index is 11.0. The highest BCUT2D eigenvalue weighted by Gasteiger charge is 2.18. The number of carboxylic acids is 1. The van der Waals surface area contributed by atoms with E-state index >= 15 is 0 Å². The van der Waals surface area contributed by atoms with Gasteiger partial charge in [-0.2, -0.15) is 0 Å². The number of carboxylic acid groups (broad SMARTS) is 1. The summed E-state index contributed by atoms with van der Waals surface area (Å²) in [6, 6.07) is 4.90. The summed E-state index contributed by atoms with van der Waals surface area (Å²) in [7, 11) is 0. The van der Waals surface area contributed by atoms with Crippen LogP contribution in [0.5, 0.6) is 5.75 Å². The van der Waals surface area contributed by atoms with E-state index in [1.54, 1.807) is 12.1 Å². The van der Waals surface area contributed by atoms with Crippen molar-refractivity contribution in [3.05, 3.63) is 28.2 Å².